The van der Waals surface area contributed by atoms with Gasteiger partial charge in [-0.15, -0.1) is 0 Å². The third kappa shape index (κ3) is 4.49. The standard InChI is InChI=1S/C14H20N4O3/c1-21-14(20)12-7-11(16-10-17-12)8-15-9-13(19)18-5-3-2-4-6-18/h7,10,15H,2-6,8-9H2,1H3. The van der Waals surface area contributed by atoms with Crippen LogP contribution in [0.1, 0.15) is 35.4 Å². The fourth-order valence-corrected chi connectivity index (χ4v) is 2.26. The lowest BCUT2D eigenvalue weighted by Gasteiger charge is -2.26. The summed E-state index contributed by atoms with van der Waals surface area (Å²) in [4.78, 5) is 33.1. The van der Waals surface area contributed by atoms with E-state index in [9.17, 15) is 9.59 Å². The smallest absolute Gasteiger partial charge is 0.356 e. The maximum absolute atomic E-state index is 12.0. The Morgan fingerprint density at radius 2 is 2.05 bits per heavy atom. The summed E-state index contributed by atoms with van der Waals surface area (Å²) in [6.07, 6.45) is 4.68. The number of nitrogens with zero attached hydrogens (tertiary/aromatic N) is 3. The number of carbonyl (C=O) groups is 2. The molecule has 1 aliphatic rings. The van der Waals surface area contributed by atoms with E-state index < -0.39 is 5.97 Å². The molecular formula is C14H20N4O3. The number of ether oxygens (including phenoxy) is 1. The maximum atomic E-state index is 12.0. The van der Waals surface area contributed by atoms with Crippen molar-refractivity contribution < 1.29 is 14.3 Å². The Labute approximate surface area is 123 Å². The molecule has 2 rings (SSSR count). The van der Waals surface area contributed by atoms with Gasteiger partial charge in [-0.2, -0.15) is 0 Å². The van der Waals surface area contributed by atoms with Crippen LogP contribution < -0.4 is 5.32 Å². The van der Waals surface area contributed by atoms with Crippen molar-refractivity contribution in [3.05, 3.63) is 23.8 Å². The van der Waals surface area contributed by atoms with Gasteiger partial charge in [0.2, 0.25) is 5.91 Å². The Morgan fingerprint density at radius 3 is 2.76 bits per heavy atom. The van der Waals surface area contributed by atoms with Crippen molar-refractivity contribution >= 4 is 11.9 Å². The van der Waals surface area contributed by atoms with Gasteiger partial charge in [-0.3, -0.25) is 4.79 Å². The van der Waals surface area contributed by atoms with Crippen molar-refractivity contribution in [1.82, 2.24) is 20.2 Å². The van der Waals surface area contributed by atoms with Crippen LogP contribution in [0.15, 0.2) is 12.4 Å². The number of carbonyl (C=O) groups excluding carboxylic acids is 2. The number of amides is 1. The summed E-state index contributed by atoms with van der Waals surface area (Å²) in [7, 11) is 1.31. The molecule has 0 saturated carbocycles. The zero-order valence-electron chi connectivity index (χ0n) is 12.2. The highest BCUT2D eigenvalue weighted by molar-refractivity contribution is 5.87. The van der Waals surface area contributed by atoms with Gasteiger partial charge in [-0.05, 0) is 25.3 Å². The average Bonchev–Trinajstić information content (AvgIpc) is 2.55. The first-order valence-corrected chi connectivity index (χ1v) is 7.08. The second-order valence-electron chi connectivity index (χ2n) is 4.93. The summed E-state index contributed by atoms with van der Waals surface area (Å²) in [6.45, 7) is 2.38. The van der Waals surface area contributed by atoms with Crippen LogP contribution in [0.3, 0.4) is 0 Å². The SMILES string of the molecule is COC(=O)c1cc(CNCC(=O)N2CCCCC2)ncn1. The number of aromatic nitrogens is 2. The quantitative estimate of drug-likeness (QED) is 0.789. The van der Waals surface area contributed by atoms with Crippen LogP contribution in [-0.2, 0) is 16.1 Å². The molecule has 0 aliphatic carbocycles. The third-order valence-corrected chi connectivity index (χ3v) is 3.41. The molecule has 0 spiro atoms. The molecule has 1 aliphatic heterocycles. The molecule has 1 fully saturated rings. The van der Waals surface area contributed by atoms with Gasteiger partial charge in [0.05, 0.1) is 19.3 Å². The van der Waals surface area contributed by atoms with Crippen molar-refractivity contribution in [1.29, 1.82) is 0 Å². The average molecular weight is 292 g/mol. The third-order valence-electron chi connectivity index (χ3n) is 3.41. The predicted octanol–water partition coefficient (Wildman–Crippen LogP) is 0.365. The number of rotatable bonds is 5. The lowest BCUT2D eigenvalue weighted by molar-refractivity contribution is -0.131. The van der Waals surface area contributed by atoms with Crippen LogP contribution in [0.2, 0.25) is 0 Å². The molecule has 0 bridgehead atoms. The second kappa shape index (κ2) is 7.68. The maximum Gasteiger partial charge on any atom is 0.356 e. The van der Waals surface area contributed by atoms with E-state index in [0.717, 1.165) is 25.9 Å². The number of likely N-dealkylation sites (tertiary alicyclic amines) is 1. The Kier molecular flexibility index (Phi) is 5.62. The lowest BCUT2D eigenvalue weighted by Crippen LogP contribution is -2.41. The van der Waals surface area contributed by atoms with Gasteiger partial charge >= 0.3 is 5.97 Å². The molecule has 2 heterocycles. The van der Waals surface area contributed by atoms with E-state index in [-0.39, 0.29) is 18.1 Å². The number of nitrogens with one attached hydrogen (secondary N) is 1. The van der Waals surface area contributed by atoms with E-state index in [4.69, 9.17) is 0 Å². The highest BCUT2D eigenvalue weighted by Gasteiger charge is 2.15. The molecule has 7 heteroatoms. The van der Waals surface area contributed by atoms with E-state index in [1.54, 1.807) is 6.07 Å². The van der Waals surface area contributed by atoms with Crippen LogP contribution in [-0.4, -0.2) is 53.5 Å². The van der Waals surface area contributed by atoms with Crippen LogP contribution in [0.25, 0.3) is 0 Å². The van der Waals surface area contributed by atoms with E-state index >= 15 is 0 Å². The molecule has 1 saturated heterocycles. The molecule has 0 atom stereocenters. The van der Waals surface area contributed by atoms with Gasteiger partial charge in [0.15, 0.2) is 5.69 Å². The van der Waals surface area contributed by atoms with Crippen molar-refractivity contribution in [3.63, 3.8) is 0 Å². The summed E-state index contributed by atoms with van der Waals surface area (Å²) in [5.41, 5.74) is 0.864. The highest BCUT2D eigenvalue weighted by Crippen LogP contribution is 2.08. The summed E-state index contributed by atoms with van der Waals surface area (Å²) in [6, 6.07) is 1.56. The van der Waals surface area contributed by atoms with Gasteiger partial charge in [0.1, 0.15) is 6.33 Å². The van der Waals surface area contributed by atoms with Crippen LogP contribution in [0.5, 0.6) is 0 Å². The number of methoxy groups -OCH3 is 1. The van der Waals surface area contributed by atoms with E-state index in [2.05, 4.69) is 20.0 Å². The minimum Gasteiger partial charge on any atom is -0.464 e. The van der Waals surface area contributed by atoms with Crippen molar-refractivity contribution in [2.75, 3.05) is 26.7 Å². The molecule has 114 valence electrons. The molecule has 7 nitrogen and oxygen atoms in total. The first kappa shape index (κ1) is 15.4. The number of hydrogen-bond acceptors (Lipinski definition) is 6. The van der Waals surface area contributed by atoms with Gasteiger partial charge in [-0.1, -0.05) is 0 Å². The lowest BCUT2D eigenvalue weighted by atomic mass is 10.1. The van der Waals surface area contributed by atoms with Crippen LogP contribution >= 0.6 is 0 Å². The summed E-state index contributed by atoms with van der Waals surface area (Å²) in [5, 5.41) is 3.05. The van der Waals surface area contributed by atoms with Crippen molar-refractivity contribution in [2.45, 2.75) is 25.8 Å². The largest absolute Gasteiger partial charge is 0.464 e. The first-order chi connectivity index (χ1) is 10.2. The Balaban J connectivity index is 1.80. The highest BCUT2D eigenvalue weighted by atomic mass is 16.5. The molecular weight excluding hydrogens is 272 g/mol. The van der Waals surface area contributed by atoms with Crippen LogP contribution in [0.4, 0.5) is 0 Å². The zero-order valence-corrected chi connectivity index (χ0v) is 12.2. The molecule has 0 unspecified atom stereocenters. The molecule has 21 heavy (non-hydrogen) atoms. The second-order valence-corrected chi connectivity index (χ2v) is 4.93. The van der Waals surface area contributed by atoms with E-state index in [1.807, 2.05) is 4.90 Å². The van der Waals surface area contributed by atoms with E-state index in [1.165, 1.54) is 19.9 Å². The molecule has 0 aromatic carbocycles. The number of esters is 1. The van der Waals surface area contributed by atoms with Gasteiger partial charge < -0.3 is 15.0 Å². The number of hydrogen-bond donors (Lipinski definition) is 1. The van der Waals surface area contributed by atoms with Crippen molar-refractivity contribution in [3.8, 4) is 0 Å². The summed E-state index contributed by atoms with van der Waals surface area (Å²) >= 11 is 0. The fraction of sp³-hybridized carbons (Fsp3) is 0.571. The fourth-order valence-electron chi connectivity index (χ4n) is 2.26. The molecule has 1 amide bonds. The molecule has 1 N–H and O–H groups in total. The molecule has 0 radical (unpaired) electrons. The molecule has 1 aromatic heterocycles. The Morgan fingerprint density at radius 1 is 1.29 bits per heavy atom. The number of piperidine rings is 1. The normalized spacial score (nSPS) is 14.8. The van der Waals surface area contributed by atoms with Gasteiger partial charge in [0.25, 0.3) is 0 Å². The van der Waals surface area contributed by atoms with Gasteiger partial charge in [-0.25, -0.2) is 14.8 Å². The minimum atomic E-state index is -0.497. The summed E-state index contributed by atoms with van der Waals surface area (Å²) < 4.78 is 4.60. The monoisotopic (exact) mass is 292 g/mol. The predicted molar refractivity (Wildman–Crippen MR) is 75.5 cm³/mol. The summed E-state index contributed by atoms with van der Waals surface area (Å²) in [5.74, 6) is -0.389. The topological polar surface area (TPSA) is 84.4 Å². The van der Waals surface area contributed by atoms with Crippen molar-refractivity contribution in [2.24, 2.45) is 0 Å². The van der Waals surface area contributed by atoms with E-state index in [0.29, 0.717) is 12.2 Å². The Hall–Kier alpha value is -2.02. The Bertz CT molecular complexity index is 501. The minimum absolute atomic E-state index is 0.108. The van der Waals surface area contributed by atoms with Crippen LogP contribution in [0, 0.1) is 0 Å². The van der Waals surface area contributed by atoms with Gasteiger partial charge in [0, 0.05) is 19.6 Å². The zero-order chi connectivity index (χ0) is 15.1. The molecule has 1 aromatic rings. The first-order valence-electron chi connectivity index (χ1n) is 7.08.